The second-order valence-corrected chi connectivity index (χ2v) is 11.8. The molecule has 7 atom stereocenters. The number of hydrogen-bond donors (Lipinski definition) is 4. The smallest absolute Gasteiger partial charge is 0.338 e. The van der Waals surface area contributed by atoms with Crippen LogP contribution in [-0.4, -0.2) is 74.3 Å². The molecule has 0 aromatic heterocycles. The maximum Gasteiger partial charge on any atom is 0.338 e. The number of benzene rings is 1. The average Bonchev–Trinajstić information content (AvgIpc) is 2.87. The van der Waals surface area contributed by atoms with Crippen LogP contribution in [0.2, 0.25) is 0 Å². The molecule has 0 aliphatic heterocycles. The van der Waals surface area contributed by atoms with E-state index in [1.54, 1.807) is 51.1 Å². The van der Waals surface area contributed by atoms with Crippen LogP contribution in [0.1, 0.15) is 70.7 Å². The van der Waals surface area contributed by atoms with Gasteiger partial charge in [-0.1, -0.05) is 37.6 Å². The Balaban J connectivity index is 2.05. The van der Waals surface area contributed by atoms with Gasteiger partial charge in [-0.15, -0.1) is 0 Å². The molecule has 208 valence electrons. The van der Waals surface area contributed by atoms with Crippen molar-refractivity contribution in [2.24, 2.45) is 16.7 Å². The number of esters is 2. The van der Waals surface area contributed by atoms with E-state index in [0.717, 1.165) is 12.5 Å². The van der Waals surface area contributed by atoms with Crippen molar-refractivity contribution in [1.82, 2.24) is 0 Å². The highest BCUT2D eigenvalue weighted by atomic mass is 16.6. The summed E-state index contributed by atoms with van der Waals surface area (Å²) >= 11 is 0. The third kappa shape index (κ3) is 3.94. The summed E-state index contributed by atoms with van der Waals surface area (Å²) in [5.41, 5.74) is -5.53. The Bertz CT molecular complexity index is 1160. The van der Waals surface area contributed by atoms with Crippen molar-refractivity contribution in [2.75, 3.05) is 6.61 Å². The van der Waals surface area contributed by atoms with E-state index in [4.69, 9.17) is 9.47 Å². The van der Waals surface area contributed by atoms with Gasteiger partial charge in [-0.3, -0.25) is 9.59 Å². The van der Waals surface area contributed by atoms with Crippen molar-refractivity contribution >= 4 is 17.7 Å². The highest BCUT2D eigenvalue weighted by molar-refractivity contribution is 5.94. The molecule has 0 heterocycles. The van der Waals surface area contributed by atoms with E-state index in [1.165, 1.54) is 6.92 Å². The molecule has 0 saturated heterocycles. The first kappa shape index (κ1) is 28.4. The van der Waals surface area contributed by atoms with Crippen LogP contribution in [0, 0.1) is 16.7 Å². The zero-order chi connectivity index (χ0) is 28.3. The summed E-state index contributed by atoms with van der Waals surface area (Å²) in [6, 6.07) is 8.14. The Labute approximate surface area is 222 Å². The predicted molar refractivity (Wildman–Crippen MR) is 136 cm³/mol. The standard InChI is InChI=1S/C29H38O9/c1-16-11-14-29(36)24(37-25(35)18-9-7-6-8-10-18)22-27(5,23(34)21(33)20(16)26(29,3)4)19(32)12-13-28(22,15-30)38-17(2)31/h6-10,19,21-22,24,30,32-33,36H,11-15H2,1-5H3/t19-,21+,22-,24-,27+,28+,29+/m0/s1. The Morgan fingerprint density at radius 3 is 2.29 bits per heavy atom. The summed E-state index contributed by atoms with van der Waals surface area (Å²) in [6.45, 7) is 6.98. The van der Waals surface area contributed by atoms with Gasteiger partial charge in [0, 0.05) is 12.3 Å². The van der Waals surface area contributed by atoms with Crippen molar-refractivity contribution in [2.45, 2.75) is 89.8 Å². The number of carbonyl (C=O) groups is 3. The fraction of sp³-hybridized carbons (Fsp3) is 0.621. The maximum absolute atomic E-state index is 14.2. The lowest BCUT2D eigenvalue weighted by Crippen LogP contribution is -2.75. The highest BCUT2D eigenvalue weighted by Crippen LogP contribution is 2.61. The molecule has 3 aliphatic carbocycles. The molecule has 1 aromatic rings. The van der Waals surface area contributed by atoms with Gasteiger partial charge in [-0.25, -0.2) is 4.79 Å². The van der Waals surface area contributed by atoms with Crippen LogP contribution in [0.15, 0.2) is 41.5 Å². The topological polar surface area (TPSA) is 151 Å². The first-order chi connectivity index (χ1) is 17.7. The van der Waals surface area contributed by atoms with E-state index < -0.39 is 70.6 Å². The summed E-state index contributed by atoms with van der Waals surface area (Å²) in [5.74, 6) is -3.65. The fourth-order valence-corrected chi connectivity index (χ4v) is 7.40. The molecule has 9 heteroatoms. The van der Waals surface area contributed by atoms with Gasteiger partial charge < -0.3 is 29.9 Å². The van der Waals surface area contributed by atoms with Gasteiger partial charge in [0.2, 0.25) is 0 Å². The van der Waals surface area contributed by atoms with Crippen molar-refractivity contribution in [3.8, 4) is 0 Å². The molecule has 0 amide bonds. The van der Waals surface area contributed by atoms with Crippen LogP contribution in [0.4, 0.5) is 0 Å². The highest BCUT2D eigenvalue weighted by Gasteiger charge is 2.72. The molecular weight excluding hydrogens is 492 g/mol. The Morgan fingerprint density at radius 1 is 1.08 bits per heavy atom. The molecule has 4 N–H and O–H groups in total. The lowest BCUT2D eigenvalue weighted by Gasteiger charge is -2.63. The third-order valence-electron chi connectivity index (χ3n) is 9.53. The maximum atomic E-state index is 14.2. The third-order valence-corrected chi connectivity index (χ3v) is 9.53. The first-order valence-corrected chi connectivity index (χ1v) is 13.1. The van der Waals surface area contributed by atoms with Gasteiger partial charge in [0.25, 0.3) is 0 Å². The molecule has 2 bridgehead atoms. The second kappa shape index (κ2) is 9.55. The van der Waals surface area contributed by atoms with E-state index in [2.05, 4.69) is 0 Å². The van der Waals surface area contributed by atoms with Crippen molar-refractivity contribution in [3.63, 3.8) is 0 Å². The molecule has 4 rings (SSSR count). The van der Waals surface area contributed by atoms with Crippen molar-refractivity contribution < 1.29 is 44.3 Å². The minimum Gasteiger partial charge on any atom is -0.456 e. The van der Waals surface area contributed by atoms with Crippen LogP contribution in [0.3, 0.4) is 0 Å². The lowest BCUT2D eigenvalue weighted by molar-refractivity contribution is -0.264. The van der Waals surface area contributed by atoms with E-state index >= 15 is 0 Å². The summed E-state index contributed by atoms with van der Waals surface area (Å²) in [7, 11) is 0. The van der Waals surface area contributed by atoms with Crippen LogP contribution in [0.25, 0.3) is 0 Å². The minimum absolute atomic E-state index is 0.0293. The fourth-order valence-electron chi connectivity index (χ4n) is 7.40. The van der Waals surface area contributed by atoms with Crippen molar-refractivity contribution in [3.05, 3.63) is 47.0 Å². The number of hydrogen-bond acceptors (Lipinski definition) is 9. The molecule has 0 unspecified atom stereocenters. The number of allylic oxidation sites excluding steroid dienone is 1. The molecule has 0 spiro atoms. The van der Waals surface area contributed by atoms with E-state index in [-0.39, 0.29) is 24.8 Å². The van der Waals surface area contributed by atoms with E-state index in [0.29, 0.717) is 12.0 Å². The predicted octanol–water partition coefficient (Wildman–Crippen LogP) is 2.09. The number of rotatable bonds is 4. The monoisotopic (exact) mass is 530 g/mol. The number of carbonyl (C=O) groups excluding carboxylic acids is 3. The number of ether oxygens (including phenoxy) is 2. The molecule has 9 nitrogen and oxygen atoms in total. The van der Waals surface area contributed by atoms with E-state index in [1.807, 2.05) is 0 Å². The number of aliphatic hydroxyl groups is 4. The molecule has 1 aromatic carbocycles. The van der Waals surface area contributed by atoms with Gasteiger partial charge in [0.15, 0.2) is 5.78 Å². The second-order valence-electron chi connectivity index (χ2n) is 11.8. The number of Topliss-reactive ketones (excluding diaryl/α,β-unsaturated/α-hetero) is 1. The SMILES string of the molecule is CC(=O)O[C@@]1(CO)CC[C@H](O)[C@@]2(C)C(=O)[C@H](O)C3=C(C)CC[C@@](O)([C@@H](OC(=O)c4ccccc4)[C@H]12)C3(C)C. The van der Waals surface area contributed by atoms with Crippen LogP contribution < -0.4 is 0 Å². The van der Waals surface area contributed by atoms with Crippen molar-refractivity contribution in [1.29, 1.82) is 0 Å². The molecule has 3 aliphatic rings. The van der Waals surface area contributed by atoms with Crippen LogP contribution >= 0.6 is 0 Å². The zero-order valence-electron chi connectivity index (χ0n) is 22.6. The molecule has 2 fully saturated rings. The Morgan fingerprint density at radius 2 is 1.71 bits per heavy atom. The number of ketones is 1. The quantitative estimate of drug-likeness (QED) is 0.339. The summed E-state index contributed by atoms with van der Waals surface area (Å²) < 4.78 is 11.9. The minimum atomic E-state index is -1.86. The zero-order valence-corrected chi connectivity index (χ0v) is 22.6. The summed E-state index contributed by atoms with van der Waals surface area (Å²) in [4.78, 5) is 40.1. The van der Waals surface area contributed by atoms with Crippen LogP contribution in [-0.2, 0) is 19.1 Å². The molecule has 0 radical (unpaired) electrons. The molecular formula is C29H38O9. The lowest BCUT2D eigenvalue weighted by atomic mass is 9.46. The number of fused-ring (bicyclic) bond motifs is 3. The summed E-state index contributed by atoms with van der Waals surface area (Å²) in [6.07, 6.45) is -4.18. The first-order valence-electron chi connectivity index (χ1n) is 13.1. The number of aliphatic hydroxyl groups excluding tert-OH is 3. The molecule has 38 heavy (non-hydrogen) atoms. The normalized spacial score (nSPS) is 38.5. The Hall–Kier alpha value is -2.59. The van der Waals surface area contributed by atoms with E-state index in [9.17, 15) is 34.8 Å². The van der Waals surface area contributed by atoms with Crippen LogP contribution in [0.5, 0.6) is 0 Å². The summed E-state index contributed by atoms with van der Waals surface area (Å²) in [5, 5.41) is 46.2. The van der Waals surface area contributed by atoms with Gasteiger partial charge in [-0.05, 0) is 57.2 Å². The van der Waals surface area contributed by atoms with Gasteiger partial charge in [0.1, 0.15) is 23.4 Å². The average molecular weight is 531 g/mol. The molecule has 2 saturated carbocycles. The largest absolute Gasteiger partial charge is 0.456 e. The van der Waals surface area contributed by atoms with Gasteiger partial charge in [-0.2, -0.15) is 0 Å². The Kier molecular flexibility index (Phi) is 7.14. The van der Waals surface area contributed by atoms with Gasteiger partial charge >= 0.3 is 11.9 Å². The van der Waals surface area contributed by atoms with Gasteiger partial charge in [0.05, 0.1) is 29.6 Å².